The van der Waals surface area contributed by atoms with Gasteiger partial charge in [0.05, 0.1) is 18.5 Å². The van der Waals surface area contributed by atoms with E-state index in [-0.39, 0.29) is 11.7 Å². The lowest BCUT2D eigenvalue weighted by atomic mass is 10.1. The molecule has 0 bridgehead atoms. The second-order valence-electron chi connectivity index (χ2n) is 6.71. The summed E-state index contributed by atoms with van der Waals surface area (Å²) in [5.74, 6) is 1.15. The Bertz CT molecular complexity index is 999. The van der Waals surface area contributed by atoms with Crippen molar-refractivity contribution in [2.75, 3.05) is 13.7 Å². The summed E-state index contributed by atoms with van der Waals surface area (Å²) >= 11 is 0. The average molecular weight is 411 g/mol. The highest BCUT2D eigenvalue weighted by Gasteiger charge is 2.21. The summed E-state index contributed by atoms with van der Waals surface area (Å²) in [5, 5.41) is 7.53. The number of amides is 1. The number of halogens is 1. The number of hydrogen-bond donors (Lipinski definition) is 1. The third-order valence-electron chi connectivity index (χ3n) is 4.66. The van der Waals surface area contributed by atoms with E-state index in [1.807, 2.05) is 38.1 Å². The minimum absolute atomic E-state index is 0.0338. The summed E-state index contributed by atoms with van der Waals surface area (Å²) in [5.41, 5.74) is 2.45. The molecule has 0 atom stereocenters. The van der Waals surface area contributed by atoms with E-state index in [0.29, 0.717) is 37.4 Å². The first kappa shape index (κ1) is 21.4. The maximum Gasteiger partial charge on any atom is 0.226 e. The zero-order valence-electron chi connectivity index (χ0n) is 17.4. The Labute approximate surface area is 175 Å². The maximum absolute atomic E-state index is 13.7. The summed E-state index contributed by atoms with van der Waals surface area (Å²) in [6.07, 6.45) is 1.46. The van der Waals surface area contributed by atoms with Crippen molar-refractivity contribution in [3.63, 3.8) is 0 Å². The Morgan fingerprint density at radius 3 is 2.53 bits per heavy atom. The lowest BCUT2D eigenvalue weighted by Crippen LogP contribution is -2.22. The van der Waals surface area contributed by atoms with Crippen LogP contribution >= 0.6 is 0 Å². The molecule has 158 valence electrons. The Kier molecular flexibility index (Phi) is 7.06. The number of rotatable bonds is 9. The quantitative estimate of drug-likeness (QED) is 0.565. The minimum atomic E-state index is -0.386. The van der Waals surface area contributed by atoms with Crippen LogP contribution in [0.4, 0.5) is 4.39 Å². The molecule has 6 nitrogen and oxygen atoms in total. The van der Waals surface area contributed by atoms with Crippen molar-refractivity contribution in [2.45, 2.75) is 33.1 Å². The normalized spacial score (nSPS) is 10.7. The highest BCUT2D eigenvalue weighted by molar-refractivity contribution is 5.76. The van der Waals surface area contributed by atoms with Crippen LogP contribution < -0.4 is 14.8 Å². The standard InChI is InChI=1S/C23H26FN3O3/c1-4-21-20(13-14-22(28)25-5-2)23(30-19-8-6-7-16(24)15-19)27(26-21)17-9-11-18(29-3)12-10-17/h6-12,15H,4-5,13-14H2,1-3H3,(H,25,28). The fourth-order valence-electron chi connectivity index (χ4n) is 3.18. The van der Waals surface area contributed by atoms with Crippen LogP contribution in [0, 0.1) is 5.82 Å². The van der Waals surface area contributed by atoms with Gasteiger partial charge in [0.2, 0.25) is 11.8 Å². The molecular weight excluding hydrogens is 385 g/mol. The summed E-state index contributed by atoms with van der Waals surface area (Å²) in [6.45, 7) is 4.47. The first-order chi connectivity index (χ1) is 14.5. The fourth-order valence-corrected chi connectivity index (χ4v) is 3.18. The number of nitrogens with one attached hydrogen (secondary N) is 1. The molecule has 2 aromatic carbocycles. The van der Waals surface area contributed by atoms with Gasteiger partial charge in [-0.3, -0.25) is 4.79 Å². The van der Waals surface area contributed by atoms with Gasteiger partial charge < -0.3 is 14.8 Å². The van der Waals surface area contributed by atoms with E-state index in [1.165, 1.54) is 12.1 Å². The van der Waals surface area contributed by atoms with Gasteiger partial charge in [-0.05, 0) is 56.2 Å². The van der Waals surface area contributed by atoms with E-state index in [4.69, 9.17) is 14.6 Å². The number of aryl methyl sites for hydroxylation is 1. The Balaban J connectivity index is 2.04. The molecule has 1 aromatic heterocycles. The average Bonchev–Trinajstić information content (AvgIpc) is 3.09. The highest BCUT2D eigenvalue weighted by Crippen LogP contribution is 2.32. The van der Waals surface area contributed by atoms with Crippen molar-refractivity contribution in [1.29, 1.82) is 0 Å². The third kappa shape index (κ3) is 4.97. The Hall–Kier alpha value is -3.35. The van der Waals surface area contributed by atoms with Gasteiger partial charge in [-0.1, -0.05) is 13.0 Å². The molecule has 3 rings (SSSR count). The SMILES string of the molecule is CCNC(=O)CCc1c(CC)nn(-c2ccc(OC)cc2)c1Oc1cccc(F)c1. The summed E-state index contributed by atoms with van der Waals surface area (Å²) in [6, 6.07) is 13.4. The maximum atomic E-state index is 13.7. The van der Waals surface area contributed by atoms with Crippen LogP contribution in [0.2, 0.25) is 0 Å². The summed E-state index contributed by atoms with van der Waals surface area (Å²) in [7, 11) is 1.61. The first-order valence-electron chi connectivity index (χ1n) is 10.0. The van der Waals surface area contributed by atoms with Crippen molar-refractivity contribution in [2.24, 2.45) is 0 Å². The second kappa shape index (κ2) is 9.91. The number of ether oxygens (including phenoxy) is 2. The molecule has 0 saturated heterocycles. The molecule has 0 aliphatic heterocycles. The Morgan fingerprint density at radius 2 is 1.90 bits per heavy atom. The number of nitrogens with zero attached hydrogens (tertiary/aromatic N) is 2. The van der Waals surface area contributed by atoms with Crippen LogP contribution in [0.25, 0.3) is 5.69 Å². The van der Waals surface area contributed by atoms with Crippen molar-refractivity contribution in [1.82, 2.24) is 15.1 Å². The predicted molar refractivity (Wildman–Crippen MR) is 113 cm³/mol. The van der Waals surface area contributed by atoms with Gasteiger partial charge >= 0.3 is 0 Å². The number of carbonyl (C=O) groups excluding carboxylic acids is 1. The largest absolute Gasteiger partial charge is 0.497 e. The molecule has 1 heterocycles. The predicted octanol–water partition coefficient (Wildman–Crippen LogP) is 4.44. The molecule has 0 spiro atoms. The van der Waals surface area contributed by atoms with Crippen molar-refractivity contribution in [3.8, 4) is 23.1 Å². The van der Waals surface area contributed by atoms with Gasteiger partial charge in [-0.15, -0.1) is 0 Å². The number of hydrogen-bond acceptors (Lipinski definition) is 4. The molecule has 0 unspecified atom stereocenters. The van der Waals surface area contributed by atoms with Crippen molar-refractivity contribution < 1.29 is 18.7 Å². The van der Waals surface area contributed by atoms with Gasteiger partial charge in [0.15, 0.2) is 0 Å². The van der Waals surface area contributed by atoms with E-state index < -0.39 is 0 Å². The molecule has 0 fully saturated rings. The lowest BCUT2D eigenvalue weighted by molar-refractivity contribution is -0.120. The van der Waals surface area contributed by atoms with Gasteiger partial charge in [-0.2, -0.15) is 5.10 Å². The highest BCUT2D eigenvalue weighted by atomic mass is 19.1. The Morgan fingerprint density at radius 1 is 1.13 bits per heavy atom. The molecule has 30 heavy (non-hydrogen) atoms. The topological polar surface area (TPSA) is 65.4 Å². The van der Waals surface area contributed by atoms with Gasteiger partial charge in [0.1, 0.15) is 17.3 Å². The minimum Gasteiger partial charge on any atom is -0.497 e. The number of carbonyl (C=O) groups is 1. The van der Waals surface area contributed by atoms with Crippen molar-refractivity contribution >= 4 is 5.91 Å². The van der Waals surface area contributed by atoms with Gasteiger partial charge in [0, 0.05) is 24.6 Å². The molecule has 0 radical (unpaired) electrons. The molecule has 7 heteroatoms. The monoisotopic (exact) mass is 411 g/mol. The van der Waals surface area contributed by atoms with E-state index in [9.17, 15) is 9.18 Å². The number of methoxy groups -OCH3 is 1. The van der Waals surface area contributed by atoms with E-state index in [2.05, 4.69) is 5.32 Å². The van der Waals surface area contributed by atoms with Gasteiger partial charge in [-0.25, -0.2) is 9.07 Å². The van der Waals surface area contributed by atoms with E-state index in [1.54, 1.807) is 23.9 Å². The van der Waals surface area contributed by atoms with Crippen LogP contribution in [0.15, 0.2) is 48.5 Å². The molecule has 0 saturated carbocycles. The zero-order valence-corrected chi connectivity index (χ0v) is 17.4. The second-order valence-corrected chi connectivity index (χ2v) is 6.71. The number of benzene rings is 2. The fraction of sp³-hybridized carbons (Fsp3) is 0.304. The molecular formula is C23H26FN3O3. The molecule has 3 aromatic rings. The first-order valence-corrected chi connectivity index (χ1v) is 10.0. The summed E-state index contributed by atoms with van der Waals surface area (Å²) < 4.78 is 26.7. The van der Waals surface area contributed by atoms with Crippen LogP contribution in [-0.2, 0) is 17.6 Å². The smallest absolute Gasteiger partial charge is 0.226 e. The van der Waals surface area contributed by atoms with E-state index >= 15 is 0 Å². The summed E-state index contributed by atoms with van der Waals surface area (Å²) in [4.78, 5) is 12.0. The zero-order chi connectivity index (χ0) is 21.5. The van der Waals surface area contributed by atoms with Crippen molar-refractivity contribution in [3.05, 3.63) is 65.6 Å². The lowest BCUT2D eigenvalue weighted by Gasteiger charge is -2.12. The van der Waals surface area contributed by atoms with Crippen LogP contribution in [0.5, 0.6) is 17.4 Å². The molecule has 0 aliphatic rings. The molecule has 1 amide bonds. The van der Waals surface area contributed by atoms with Crippen LogP contribution in [-0.4, -0.2) is 29.3 Å². The van der Waals surface area contributed by atoms with Crippen LogP contribution in [0.3, 0.4) is 0 Å². The molecule has 0 aliphatic carbocycles. The molecule has 1 N–H and O–H groups in total. The third-order valence-corrected chi connectivity index (χ3v) is 4.66. The van der Waals surface area contributed by atoms with Gasteiger partial charge in [0.25, 0.3) is 0 Å². The van der Waals surface area contributed by atoms with E-state index in [0.717, 1.165) is 22.7 Å². The number of aromatic nitrogens is 2. The van der Waals surface area contributed by atoms with Crippen LogP contribution in [0.1, 0.15) is 31.5 Å².